The van der Waals surface area contributed by atoms with Crippen LogP contribution in [0.4, 0.5) is 5.95 Å². The molecule has 21 heavy (non-hydrogen) atoms. The third-order valence-corrected chi connectivity index (χ3v) is 3.31. The van der Waals surface area contributed by atoms with Gasteiger partial charge < -0.3 is 14.8 Å². The molecule has 0 bridgehead atoms. The van der Waals surface area contributed by atoms with E-state index in [4.69, 9.17) is 9.47 Å². The minimum Gasteiger partial charge on any atom is -0.454 e. The summed E-state index contributed by atoms with van der Waals surface area (Å²) in [6.45, 7) is 7.35. The molecule has 1 aromatic heterocycles. The molecule has 0 spiro atoms. The van der Waals surface area contributed by atoms with Gasteiger partial charge in [0.25, 0.3) is 0 Å². The minimum absolute atomic E-state index is 0.0120. The summed E-state index contributed by atoms with van der Waals surface area (Å²) in [5, 5.41) is 3.25. The monoisotopic (exact) mass is 285 g/mol. The molecule has 1 aliphatic rings. The Kier molecular flexibility index (Phi) is 3.41. The van der Waals surface area contributed by atoms with E-state index in [2.05, 4.69) is 36.1 Å². The number of nitrogens with zero attached hydrogens (tertiary/aromatic N) is 2. The third kappa shape index (κ3) is 3.07. The second kappa shape index (κ2) is 5.24. The van der Waals surface area contributed by atoms with Crippen LogP contribution in [0.15, 0.2) is 30.5 Å². The van der Waals surface area contributed by atoms with Crippen molar-refractivity contribution in [3.8, 4) is 11.5 Å². The van der Waals surface area contributed by atoms with Gasteiger partial charge in [-0.15, -0.1) is 0 Å². The fourth-order valence-electron chi connectivity index (χ4n) is 2.09. The van der Waals surface area contributed by atoms with Crippen molar-refractivity contribution in [1.29, 1.82) is 0 Å². The Morgan fingerprint density at radius 1 is 1.14 bits per heavy atom. The maximum absolute atomic E-state index is 5.37. The van der Waals surface area contributed by atoms with Crippen LogP contribution in [0.25, 0.3) is 0 Å². The van der Waals surface area contributed by atoms with Crippen molar-refractivity contribution in [2.24, 2.45) is 0 Å². The molecule has 110 valence electrons. The zero-order chi connectivity index (χ0) is 14.9. The van der Waals surface area contributed by atoms with Gasteiger partial charge in [0.15, 0.2) is 11.5 Å². The quantitative estimate of drug-likeness (QED) is 0.939. The lowest BCUT2D eigenvalue weighted by molar-refractivity contribution is 0.174. The Balaban J connectivity index is 1.70. The second-order valence-corrected chi connectivity index (χ2v) is 6.06. The molecule has 0 aliphatic carbocycles. The zero-order valence-corrected chi connectivity index (χ0v) is 12.5. The summed E-state index contributed by atoms with van der Waals surface area (Å²) in [6, 6.07) is 7.86. The summed E-state index contributed by atoms with van der Waals surface area (Å²) in [4.78, 5) is 8.82. The van der Waals surface area contributed by atoms with Crippen molar-refractivity contribution in [3.63, 3.8) is 0 Å². The SMILES string of the molecule is CC(C)(C)c1ccnc(NCc2ccc3c(c2)OCO3)n1. The van der Waals surface area contributed by atoms with E-state index in [1.807, 2.05) is 24.3 Å². The number of aromatic nitrogens is 2. The van der Waals surface area contributed by atoms with Crippen LogP contribution < -0.4 is 14.8 Å². The molecule has 0 saturated carbocycles. The third-order valence-electron chi connectivity index (χ3n) is 3.31. The van der Waals surface area contributed by atoms with Gasteiger partial charge >= 0.3 is 0 Å². The van der Waals surface area contributed by atoms with E-state index in [1.165, 1.54) is 0 Å². The number of anilines is 1. The predicted molar refractivity (Wildman–Crippen MR) is 80.6 cm³/mol. The summed E-state index contributed by atoms with van der Waals surface area (Å²) < 4.78 is 10.7. The van der Waals surface area contributed by atoms with Gasteiger partial charge in [-0.1, -0.05) is 26.8 Å². The topological polar surface area (TPSA) is 56.3 Å². The van der Waals surface area contributed by atoms with Crippen molar-refractivity contribution < 1.29 is 9.47 Å². The molecule has 2 heterocycles. The summed E-state index contributed by atoms with van der Waals surface area (Å²) >= 11 is 0. The Hall–Kier alpha value is -2.30. The van der Waals surface area contributed by atoms with Gasteiger partial charge in [0.1, 0.15) is 0 Å². The van der Waals surface area contributed by atoms with E-state index < -0.39 is 0 Å². The lowest BCUT2D eigenvalue weighted by Gasteiger charge is -2.18. The van der Waals surface area contributed by atoms with Gasteiger partial charge in [-0.25, -0.2) is 9.97 Å². The number of benzene rings is 1. The summed E-state index contributed by atoms with van der Waals surface area (Å²) in [5.41, 5.74) is 2.13. The van der Waals surface area contributed by atoms with E-state index in [9.17, 15) is 0 Å². The normalized spacial score (nSPS) is 13.3. The molecule has 0 unspecified atom stereocenters. The van der Waals surface area contributed by atoms with Crippen LogP contribution in [0.1, 0.15) is 32.0 Å². The average molecular weight is 285 g/mol. The molecule has 5 nitrogen and oxygen atoms in total. The van der Waals surface area contributed by atoms with Gasteiger partial charge in [-0.2, -0.15) is 0 Å². The van der Waals surface area contributed by atoms with Crippen molar-refractivity contribution in [2.45, 2.75) is 32.7 Å². The summed E-state index contributed by atoms with van der Waals surface area (Å²) in [6.07, 6.45) is 1.79. The van der Waals surface area contributed by atoms with Crippen LogP contribution in [0.3, 0.4) is 0 Å². The van der Waals surface area contributed by atoms with E-state index in [0.29, 0.717) is 19.3 Å². The minimum atomic E-state index is 0.0120. The van der Waals surface area contributed by atoms with Crippen LogP contribution in [0.2, 0.25) is 0 Å². The molecule has 5 heteroatoms. The van der Waals surface area contributed by atoms with Crippen molar-refractivity contribution in [3.05, 3.63) is 41.7 Å². The van der Waals surface area contributed by atoms with Gasteiger partial charge in [-0.3, -0.25) is 0 Å². The zero-order valence-electron chi connectivity index (χ0n) is 12.5. The Morgan fingerprint density at radius 3 is 2.76 bits per heavy atom. The van der Waals surface area contributed by atoms with Crippen molar-refractivity contribution in [2.75, 3.05) is 12.1 Å². The van der Waals surface area contributed by atoms with E-state index >= 15 is 0 Å². The predicted octanol–water partition coefficient (Wildman–Crippen LogP) is 3.11. The maximum atomic E-state index is 5.37. The molecule has 0 saturated heterocycles. The lowest BCUT2D eigenvalue weighted by Crippen LogP contribution is -2.15. The van der Waals surface area contributed by atoms with Gasteiger partial charge in [0.2, 0.25) is 12.7 Å². The van der Waals surface area contributed by atoms with Crippen LogP contribution in [0.5, 0.6) is 11.5 Å². The first kappa shape index (κ1) is 13.7. The van der Waals surface area contributed by atoms with Gasteiger partial charge in [-0.05, 0) is 23.8 Å². The lowest BCUT2D eigenvalue weighted by atomic mass is 9.92. The van der Waals surface area contributed by atoms with Crippen LogP contribution >= 0.6 is 0 Å². The Bertz CT molecular complexity index is 650. The van der Waals surface area contributed by atoms with E-state index in [1.54, 1.807) is 6.20 Å². The number of hydrogen-bond acceptors (Lipinski definition) is 5. The number of hydrogen-bond donors (Lipinski definition) is 1. The largest absolute Gasteiger partial charge is 0.454 e. The van der Waals surface area contributed by atoms with Crippen molar-refractivity contribution >= 4 is 5.95 Å². The smallest absolute Gasteiger partial charge is 0.231 e. The molecule has 3 rings (SSSR count). The van der Waals surface area contributed by atoms with E-state index in [0.717, 1.165) is 22.8 Å². The summed E-state index contributed by atoms with van der Waals surface area (Å²) in [5.74, 6) is 2.23. The number of ether oxygens (including phenoxy) is 2. The fraction of sp³-hybridized carbons (Fsp3) is 0.375. The molecular weight excluding hydrogens is 266 g/mol. The Morgan fingerprint density at radius 2 is 1.95 bits per heavy atom. The number of nitrogens with one attached hydrogen (secondary N) is 1. The maximum Gasteiger partial charge on any atom is 0.231 e. The van der Waals surface area contributed by atoms with Crippen molar-refractivity contribution in [1.82, 2.24) is 9.97 Å². The van der Waals surface area contributed by atoms with Crippen LogP contribution in [-0.2, 0) is 12.0 Å². The molecule has 2 aromatic rings. The molecule has 1 aromatic carbocycles. The highest BCUT2D eigenvalue weighted by Crippen LogP contribution is 2.32. The van der Waals surface area contributed by atoms with Gasteiger partial charge in [0, 0.05) is 18.2 Å². The molecular formula is C16H19N3O2. The standard InChI is InChI=1S/C16H19N3O2/c1-16(2,3)14-6-7-17-15(19-14)18-9-11-4-5-12-13(8-11)21-10-20-12/h4-8H,9-10H2,1-3H3,(H,17,18,19). The Labute approximate surface area is 124 Å². The van der Waals surface area contributed by atoms with Gasteiger partial charge in [0.05, 0.1) is 5.69 Å². The first-order valence-corrected chi connectivity index (χ1v) is 6.98. The highest BCUT2D eigenvalue weighted by molar-refractivity contribution is 5.45. The van der Waals surface area contributed by atoms with Crippen LogP contribution in [0, 0.1) is 0 Å². The van der Waals surface area contributed by atoms with Crippen LogP contribution in [-0.4, -0.2) is 16.8 Å². The molecule has 0 amide bonds. The first-order chi connectivity index (χ1) is 10.0. The molecule has 0 radical (unpaired) electrons. The second-order valence-electron chi connectivity index (χ2n) is 6.06. The summed E-state index contributed by atoms with van der Waals surface area (Å²) in [7, 11) is 0. The molecule has 1 aliphatic heterocycles. The average Bonchev–Trinajstić information content (AvgIpc) is 2.92. The number of rotatable bonds is 3. The molecule has 0 atom stereocenters. The molecule has 0 fully saturated rings. The number of fused-ring (bicyclic) bond motifs is 1. The van der Waals surface area contributed by atoms with E-state index in [-0.39, 0.29) is 5.41 Å². The fourth-order valence-corrected chi connectivity index (χ4v) is 2.09. The first-order valence-electron chi connectivity index (χ1n) is 6.98. The highest BCUT2D eigenvalue weighted by Gasteiger charge is 2.16. The highest BCUT2D eigenvalue weighted by atomic mass is 16.7. The molecule has 1 N–H and O–H groups in total.